The van der Waals surface area contributed by atoms with Gasteiger partial charge in [-0.15, -0.1) is 0 Å². The van der Waals surface area contributed by atoms with E-state index in [9.17, 15) is 4.79 Å². The van der Waals surface area contributed by atoms with E-state index in [0.717, 1.165) is 36.0 Å². The summed E-state index contributed by atoms with van der Waals surface area (Å²) in [6.07, 6.45) is 3.25. The number of nitrogens with zero attached hydrogens (tertiary/aromatic N) is 1. The van der Waals surface area contributed by atoms with Crippen molar-refractivity contribution in [3.05, 3.63) is 28.2 Å². The summed E-state index contributed by atoms with van der Waals surface area (Å²) in [6, 6.07) is 6.22. The van der Waals surface area contributed by atoms with Crippen LogP contribution in [0.3, 0.4) is 0 Å². The number of ether oxygens (including phenoxy) is 1. The summed E-state index contributed by atoms with van der Waals surface area (Å²) >= 11 is 3.51. The molecule has 0 bridgehead atoms. The molecule has 19 heavy (non-hydrogen) atoms. The third-order valence-corrected chi connectivity index (χ3v) is 4.51. The van der Waals surface area contributed by atoms with Gasteiger partial charge in [0.15, 0.2) is 0 Å². The minimum absolute atomic E-state index is 0.212. The highest BCUT2D eigenvalue weighted by Crippen LogP contribution is 2.35. The zero-order chi connectivity index (χ0) is 13.5. The normalized spacial score (nSPS) is 21.3. The average Bonchev–Trinajstić information content (AvgIpc) is 2.56. The molecule has 2 aliphatic rings. The lowest BCUT2D eigenvalue weighted by molar-refractivity contribution is -0.154. The van der Waals surface area contributed by atoms with E-state index in [2.05, 4.69) is 28.1 Å². The van der Waals surface area contributed by atoms with Crippen molar-refractivity contribution in [3.8, 4) is 0 Å². The van der Waals surface area contributed by atoms with Crippen molar-refractivity contribution in [2.45, 2.75) is 26.2 Å². The molecule has 1 aromatic carbocycles. The van der Waals surface area contributed by atoms with E-state index in [1.165, 1.54) is 5.56 Å². The monoisotopic (exact) mass is 323 g/mol. The van der Waals surface area contributed by atoms with E-state index in [4.69, 9.17) is 4.74 Å². The summed E-state index contributed by atoms with van der Waals surface area (Å²) in [5.74, 6) is 0.212. The number of carbonyl (C=O) groups excluding carboxylic acids is 1. The molecule has 0 aliphatic carbocycles. The fraction of sp³-hybridized carbons (Fsp3) is 0.533. The molecule has 1 aromatic rings. The van der Waals surface area contributed by atoms with Crippen LogP contribution in [0.1, 0.15) is 25.3 Å². The van der Waals surface area contributed by atoms with Crippen LogP contribution in [-0.4, -0.2) is 25.7 Å². The summed E-state index contributed by atoms with van der Waals surface area (Å²) in [6.45, 7) is 3.92. The average molecular weight is 324 g/mol. The van der Waals surface area contributed by atoms with Crippen LogP contribution in [0.5, 0.6) is 0 Å². The Hall–Kier alpha value is -0.870. The van der Waals surface area contributed by atoms with Crippen LogP contribution in [-0.2, 0) is 16.0 Å². The quantitative estimate of drug-likeness (QED) is 0.794. The van der Waals surface area contributed by atoms with E-state index in [0.29, 0.717) is 13.2 Å². The first-order chi connectivity index (χ1) is 9.10. The van der Waals surface area contributed by atoms with Gasteiger partial charge >= 0.3 is 0 Å². The lowest BCUT2D eigenvalue weighted by Gasteiger charge is -2.40. The van der Waals surface area contributed by atoms with Crippen LogP contribution in [0, 0.1) is 5.41 Å². The lowest BCUT2D eigenvalue weighted by Crippen LogP contribution is -2.53. The topological polar surface area (TPSA) is 29.5 Å². The van der Waals surface area contributed by atoms with Crippen molar-refractivity contribution < 1.29 is 9.53 Å². The van der Waals surface area contributed by atoms with Gasteiger partial charge in [0, 0.05) is 16.7 Å². The smallest absolute Gasteiger partial charge is 0.237 e. The molecule has 102 valence electrons. The fourth-order valence-electron chi connectivity index (χ4n) is 2.79. The predicted molar refractivity (Wildman–Crippen MR) is 78.4 cm³/mol. The molecule has 0 aromatic heterocycles. The van der Waals surface area contributed by atoms with Gasteiger partial charge in [-0.05, 0) is 49.9 Å². The number of hydrogen-bond donors (Lipinski definition) is 0. The first kappa shape index (κ1) is 13.1. The lowest BCUT2D eigenvalue weighted by atomic mass is 9.86. The number of benzene rings is 1. The Morgan fingerprint density at radius 1 is 1.37 bits per heavy atom. The molecule has 2 aliphatic heterocycles. The van der Waals surface area contributed by atoms with Gasteiger partial charge in [-0.1, -0.05) is 15.9 Å². The second kappa shape index (κ2) is 4.91. The summed E-state index contributed by atoms with van der Waals surface area (Å²) in [5.41, 5.74) is 2.03. The standard InChI is InChI=1S/C15H18BrNO2/c1-15(9-19-10-15)14(18)17-7-3-2-4-11-8-12(16)5-6-13(11)17/h5-6,8H,2-4,7,9-10H2,1H3. The number of anilines is 1. The molecule has 3 rings (SSSR count). The molecule has 1 amide bonds. The molecule has 2 heterocycles. The summed E-state index contributed by atoms with van der Waals surface area (Å²) in [5, 5.41) is 0. The Labute approximate surface area is 122 Å². The van der Waals surface area contributed by atoms with Gasteiger partial charge in [0.05, 0.1) is 18.6 Å². The van der Waals surface area contributed by atoms with Gasteiger partial charge in [-0.25, -0.2) is 0 Å². The third kappa shape index (κ3) is 2.32. The van der Waals surface area contributed by atoms with Crippen LogP contribution in [0.15, 0.2) is 22.7 Å². The Bertz CT molecular complexity index is 511. The van der Waals surface area contributed by atoms with Gasteiger partial charge < -0.3 is 9.64 Å². The number of fused-ring (bicyclic) bond motifs is 1. The number of rotatable bonds is 1. The van der Waals surface area contributed by atoms with Crippen molar-refractivity contribution in [1.29, 1.82) is 0 Å². The van der Waals surface area contributed by atoms with Crippen LogP contribution in [0.2, 0.25) is 0 Å². The number of aryl methyl sites for hydroxylation is 1. The second-order valence-corrected chi connectivity index (χ2v) is 6.66. The maximum absolute atomic E-state index is 12.7. The van der Waals surface area contributed by atoms with E-state index in [1.54, 1.807) is 0 Å². The minimum atomic E-state index is -0.325. The molecule has 0 unspecified atom stereocenters. The predicted octanol–water partition coefficient (Wildman–Crippen LogP) is 3.15. The van der Waals surface area contributed by atoms with Crippen molar-refractivity contribution in [3.63, 3.8) is 0 Å². The van der Waals surface area contributed by atoms with Gasteiger partial charge in [0.2, 0.25) is 5.91 Å². The molecule has 0 N–H and O–H groups in total. The fourth-order valence-corrected chi connectivity index (χ4v) is 3.20. The molecule has 1 saturated heterocycles. The van der Waals surface area contributed by atoms with E-state index in [-0.39, 0.29) is 11.3 Å². The highest BCUT2D eigenvalue weighted by molar-refractivity contribution is 9.10. The molecule has 1 fully saturated rings. The first-order valence-corrected chi connectivity index (χ1v) is 7.58. The summed E-state index contributed by atoms with van der Waals surface area (Å²) < 4.78 is 6.32. The zero-order valence-electron chi connectivity index (χ0n) is 11.1. The van der Waals surface area contributed by atoms with E-state index < -0.39 is 0 Å². The SMILES string of the molecule is CC1(C(=O)N2CCCCc3cc(Br)ccc32)COC1. The van der Waals surface area contributed by atoms with Gasteiger partial charge in [-0.2, -0.15) is 0 Å². The Morgan fingerprint density at radius 3 is 2.84 bits per heavy atom. The summed E-state index contributed by atoms with van der Waals surface area (Å²) in [4.78, 5) is 14.7. The van der Waals surface area contributed by atoms with Crippen molar-refractivity contribution in [2.75, 3.05) is 24.7 Å². The Kier molecular flexibility index (Phi) is 3.39. The van der Waals surface area contributed by atoms with Crippen LogP contribution < -0.4 is 4.90 Å². The van der Waals surface area contributed by atoms with Crippen LogP contribution >= 0.6 is 15.9 Å². The number of halogens is 1. The molecule has 4 heteroatoms. The van der Waals surface area contributed by atoms with Crippen molar-refractivity contribution in [2.24, 2.45) is 5.41 Å². The highest BCUT2D eigenvalue weighted by Gasteiger charge is 2.44. The van der Waals surface area contributed by atoms with Crippen molar-refractivity contribution in [1.82, 2.24) is 0 Å². The zero-order valence-corrected chi connectivity index (χ0v) is 12.7. The minimum Gasteiger partial charge on any atom is -0.379 e. The maximum atomic E-state index is 12.7. The molecule has 0 spiro atoms. The maximum Gasteiger partial charge on any atom is 0.237 e. The molecule has 0 atom stereocenters. The third-order valence-electron chi connectivity index (χ3n) is 4.01. The van der Waals surface area contributed by atoms with Crippen molar-refractivity contribution >= 4 is 27.5 Å². The molecular formula is C15H18BrNO2. The largest absolute Gasteiger partial charge is 0.379 e. The number of carbonyl (C=O) groups is 1. The highest BCUT2D eigenvalue weighted by atomic mass is 79.9. The Balaban J connectivity index is 1.96. The van der Waals surface area contributed by atoms with Gasteiger partial charge in [0.1, 0.15) is 0 Å². The molecule has 0 radical (unpaired) electrons. The molecule has 0 saturated carbocycles. The molecular weight excluding hydrogens is 306 g/mol. The van der Waals surface area contributed by atoms with Gasteiger partial charge in [-0.3, -0.25) is 4.79 Å². The van der Waals surface area contributed by atoms with Gasteiger partial charge in [0.25, 0.3) is 0 Å². The van der Waals surface area contributed by atoms with E-state index in [1.807, 2.05) is 17.9 Å². The van der Waals surface area contributed by atoms with Crippen LogP contribution in [0.25, 0.3) is 0 Å². The number of hydrogen-bond acceptors (Lipinski definition) is 2. The number of amides is 1. The Morgan fingerprint density at radius 2 is 2.16 bits per heavy atom. The van der Waals surface area contributed by atoms with E-state index >= 15 is 0 Å². The first-order valence-electron chi connectivity index (χ1n) is 6.78. The second-order valence-electron chi connectivity index (χ2n) is 5.74. The van der Waals surface area contributed by atoms with Crippen LogP contribution in [0.4, 0.5) is 5.69 Å². The summed E-state index contributed by atoms with van der Waals surface area (Å²) in [7, 11) is 0. The molecule has 3 nitrogen and oxygen atoms in total.